The van der Waals surface area contributed by atoms with E-state index >= 15 is 0 Å². The second-order valence-electron chi connectivity index (χ2n) is 4.15. The summed E-state index contributed by atoms with van der Waals surface area (Å²) in [5.74, 6) is -0.342. The molecule has 4 heteroatoms. The average Bonchev–Trinajstić information content (AvgIpc) is 2.29. The third-order valence-corrected chi connectivity index (χ3v) is 3.32. The van der Waals surface area contributed by atoms with Crippen molar-refractivity contribution in [3.63, 3.8) is 0 Å². The molecule has 0 spiro atoms. The SMILES string of the molecule is [3H]CC([3H])CCCCCCCCCCS(=O)(=O)F. The number of hydrogen-bond donors (Lipinski definition) is 0. The zero-order valence-electron chi connectivity index (χ0n) is 12.0. The summed E-state index contributed by atoms with van der Waals surface area (Å²) in [5, 5.41) is 0. The number of unbranched alkanes of at least 4 members (excludes halogenated alkanes) is 7. The van der Waals surface area contributed by atoms with Crippen LogP contribution in [0.5, 0.6) is 0 Å². The smallest absolute Gasteiger partial charge is 0.195 e. The molecule has 0 aliphatic carbocycles. The van der Waals surface area contributed by atoms with Crippen LogP contribution in [-0.4, -0.2) is 14.2 Å². The van der Waals surface area contributed by atoms with Crippen LogP contribution in [0.3, 0.4) is 0 Å². The summed E-state index contributed by atoms with van der Waals surface area (Å²) in [6.45, 7) is 0.192. The van der Waals surface area contributed by atoms with E-state index in [4.69, 9.17) is 2.74 Å². The molecule has 0 aromatic heterocycles. The molecule has 0 amide bonds. The van der Waals surface area contributed by atoms with Gasteiger partial charge in [-0.1, -0.05) is 64.7 Å². The topological polar surface area (TPSA) is 34.1 Å². The van der Waals surface area contributed by atoms with E-state index in [1.54, 1.807) is 0 Å². The Morgan fingerprint density at radius 3 is 1.81 bits per heavy atom. The van der Waals surface area contributed by atoms with Crippen molar-refractivity contribution in [1.29, 1.82) is 0 Å². The molecule has 98 valence electrons. The fourth-order valence-electron chi connectivity index (χ4n) is 1.62. The molecular weight excluding hydrogens is 227 g/mol. The minimum absolute atomic E-state index is 0.192. The first-order chi connectivity index (χ1) is 8.45. The van der Waals surface area contributed by atoms with Crippen molar-refractivity contribution < 1.29 is 15.0 Å². The van der Waals surface area contributed by atoms with Gasteiger partial charge in [-0.25, -0.2) is 0 Å². The molecule has 16 heavy (non-hydrogen) atoms. The first-order valence-corrected chi connectivity index (χ1v) is 7.65. The quantitative estimate of drug-likeness (QED) is 0.410. The van der Waals surface area contributed by atoms with E-state index in [1.165, 1.54) is 0 Å². The standard InChI is InChI=1S/C12H25FO2S/c1-2-3-4-5-6-7-8-9-10-11-12-16(13,14)15/h2-12H2,1H3/i1T,2T. The Hall–Kier alpha value is -0.120. The predicted molar refractivity (Wildman–Crippen MR) is 66.7 cm³/mol. The molecule has 0 aromatic rings. The fourth-order valence-corrected chi connectivity index (χ4v) is 2.17. The third kappa shape index (κ3) is 13.9. The monoisotopic (exact) mass is 256 g/mol. The summed E-state index contributed by atoms with van der Waals surface area (Å²) in [5.41, 5.74) is 0. The highest BCUT2D eigenvalue weighted by Gasteiger charge is 2.05. The molecule has 0 fully saturated rings. The molecule has 0 N–H and O–H groups in total. The summed E-state index contributed by atoms with van der Waals surface area (Å²) in [7, 11) is -4.27. The maximum absolute atomic E-state index is 12.1. The molecule has 0 saturated heterocycles. The first-order valence-electron chi connectivity index (χ1n) is 7.38. The van der Waals surface area contributed by atoms with Crippen LogP contribution in [0.4, 0.5) is 3.89 Å². The Kier molecular flexibility index (Phi) is 7.76. The normalized spacial score (nSPS) is 15.6. The van der Waals surface area contributed by atoms with E-state index in [1.807, 2.05) is 0 Å². The molecule has 0 rings (SSSR count). The van der Waals surface area contributed by atoms with Gasteiger partial charge in [-0.05, 0) is 6.42 Å². The van der Waals surface area contributed by atoms with Gasteiger partial charge in [-0.15, -0.1) is 3.89 Å². The summed E-state index contributed by atoms with van der Waals surface area (Å²) >= 11 is 0. The Balaban J connectivity index is 3.12. The van der Waals surface area contributed by atoms with Crippen molar-refractivity contribution in [2.75, 3.05) is 5.75 Å². The lowest BCUT2D eigenvalue weighted by molar-refractivity contribution is 0.539. The van der Waals surface area contributed by atoms with Crippen LogP contribution < -0.4 is 0 Å². The van der Waals surface area contributed by atoms with E-state index in [0.717, 1.165) is 51.4 Å². The molecule has 0 aliphatic rings. The van der Waals surface area contributed by atoms with Gasteiger partial charge in [0.2, 0.25) is 0 Å². The third-order valence-electron chi connectivity index (χ3n) is 2.55. The summed E-state index contributed by atoms with van der Waals surface area (Å²) in [4.78, 5) is 0. The van der Waals surface area contributed by atoms with Crippen LogP contribution in [0.15, 0.2) is 0 Å². The van der Waals surface area contributed by atoms with Crippen molar-refractivity contribution in [1.82, 2.24) is 0 Å². The van der Waals surface area contributed by atoms with Gasteiger partial charge in [-0.3, -0.25) is 0 Å². The van der Waals surface area contributed by atoms with Crippen LogP contribution in [0, 0.1) is 0 Å². The second-order valence-corrected chi connectivity index (χ2v) is 5.63. The van der Waals surface area contributed by atoms with Crippen molar-refractivity contribution >= 4 is 10.2 Å². The van der Waals surface area contributed by atoms with Crippen molar-refractivity contribution in [2.45, 2.75) is 71.1 Å². The van der Waals surface area contributed by atoms with Gasteiger partial charge in [0.05, 0.1) is 5.75 Å². The molecular formula is C12H25FO2S. The van der Waals surface area contributed by atoms with E-state index in [0.29, 0.717) is 6.42 Å². The lowest BCUT2D eigenvalue weighted by atomic mass is 10.1. The Labute approximate surface area is 103 Å². The molecule has 1 unspecified atom stereocenters. The summed E-state index contributed by atoms with van der Waals surface area (Å²) < 4.78 is 47.0. The molecule has 0 radical (unpaired) electrons. The molecule has 0 aromatic carbocycles. The van der Waals surface area contributed by atoms with Gasteiger partial charge < -0.3 is 0 Å². The van der Waals surface area contributed by atoms with Gasteiger partial charge in [-0.2, -0.15) is 8.42 Å². The van der Waals surface area contributed by atoms with E-state index < -0.39 is 10.2 Å². The summed E-state index contributed by atoms with van der Waals surface area (Å²) in [6, 6.07) is 0. The van der Waals surface area contributed by atoms with Gasteiger partial charge >= 0.3 is 10.2 Å². The lowest BCUT2D eigenvalue weighted by Gasteiger charge is -2.01. The van der Waals surface area contributed by atoms with Gasteiger partial charge in [0.1, 0.15) is 0 Å². The van der Waals surface area contributed by atoms with Crippen LogP contribution >= 0.6 is 0 Å². The molecule has 0 bridgehead atoms. The van der Waals surface area contributed by atoms with Crippen LogP contribution in [0.25, 0.3) is 0 Å². The number of rotatable bonds is 11. The van der Waals surface area contributed by atoms with Crippen LogP contribution in [0.2, 0.25) is 0 Å². The second kappa shape index (κ2) is 10.1. The number of hydrogen-bond acceptors (Lipinski definition) is 2. The van der Waals surface area contributed by atoms with Gasteiger partial charge in [0, 0.05) is 2.74 Å². The maximum Gasteiger partial charge on any atom is 0.302 e. The van der Waals surface area contributed by atoms with Crippen molar-refractivity contribution in [3.05, 3.63) is 0 Å². The predicted octanol–water partition coefficient (Wildman–Crippen LogP) is 4.21. The van der Waals surface area contributed by atoms with E-state index in [2.05, 4.69) is 0 Å². The highest BCUT2D eigenvalue weighted by Crippen LogP contribution is 2.11. The highest BCUT2D eigenvalue weighted by molar-refractivity contribution is 7.86. The van der Waals surface area contributed by atoms with Crippen LogP contribution in [0.1, 0.15) is 73.8 Å². The van der Waals surface area contributed by atoms with E-state index in [-0.39, 0.29) is 19.0 Å². The van der Waals surface area contributed by atoms with Crippen molar-refractivity contribution in [2.24, 2.45) is 0 Å². The molecule has 0 saturated carbocycles. The maximum atomic E-state index is 12.1. The van der Waals surface area contributed by atoms with Gasteiger partial charge in [0.25, 0.3) is 0 Å². The molecule has 2 nitrogen and oxygen atoms in total. The number of halogens is 1. The first kappa shape index (κ1) is 12.3. The van der Waals surface area contributed by atoms with E-state index in [9.17, 15) is 12.3 Å². The lowest BCUT2D eigenvalue weighted by Crippen LogP contribution is -1.97. The van der Waals surface area contributed by atoms with Crippen molar-refractivity contribution in [3.8, 4) is 0 Å². The van der Waals surface area contributed by atoms with Gasteiger partial charge in [0.15, 0.2) is 0 Å². The largest absolute Gasteiger partial charge is 0.302 e. The minimum Gasteiger partial charge on any atom is -0.195 e. The average molecular weight is 256 g/mol. The fraction of sp³-hybridized carbons (Fsp3) is 1.00. The molecule has 0 aliphatic heterocycles. The summed E-state index contributed by atoms with van der Waals surface area (Å²) in [6.07, 6.45) is 8.18. The Morgan fingerprint density at radius 2 is 1.38 bits per heavy atom. The van der Waals surface area contributed by atoms with Crippen LogP contribution in [-0.2, 0) is 10.2 Å². The Bertz CT molecular complexity index is 284. The molecule has 1 atom stereocenters. The Morgan fingerprint density at radius 1 is 0.938 bits per heavy atom. The zero-order valence-corrected chi connectivity index (χ0v) is 10.8. The minimum atomic E-state index is -4.27. The molecule has 0 heterocycles. The highest BCUT2D eigenvalue weighted by atomic mass is 32.3. The zero-order chi connectivity index (χ0) is 13.9.